The number of benzene rings is 1. The highest BCUT2D eigenvalue weighted by molar-refractivity contribution is 5.27. The second kappa shape index (κ2) is 5.67. The van der Waals surface area contributed by atoms with Crippen LogP contribution in [0.1, 0.15) is 37.8 Å². The normalized spacial score (nSPS) is 11.1. The van der Waals surface area contributed by atoms with Crippen LogP contribution in [0.4, 0.5) is 0 Å². The minimum Gasteiger partial charge on any atom is -0.308 e. The third-order valence-electron chi connectivity index (χ3n) is 2.77. The van der Waals surface area contributed by atoms with Gasteiger partial charge in [0.1, 0.15) is 0 Å². The summed E-state index contributed by atoms with van der Waals surface area (Å²) in [6.45, 7) is 7.34. The van der Waals surface area contributed by atoms with E-state index >= 15 is 0 Å². The average molecular weight is 216 g/mol. The molecule has 1 aromatic rings. The van der Waals surface area contributed by atoms with Gasteiger partial charge in [0, 0.05) is 12.0 Å². The van der Waals surface area contributed by atoms with Crippen molar-refractivity contribution < 1.29 is 0 Å². The summed E-state index contributed by atoms with van der Waals surface area (Å²) in [5.41, 5.74) is 2.55. The number of aryl methyl sites for hydroxylation is 1. The molecule has 0 saturated heterocycles. The second-order valence-electron chi connectivity index (χ2n) is 4.68. The van der Waals surface area contributed by atoms with Crippen molar-refractivity contribution in [3.8, 4) is 6.07 Å². The van der Waals surface area contributed by atoms with E-state index in [9.17, 15) is 0 Å². The van der Waals surface area contributed by atoms with Crippen LogP contribution in [-0.2, 0) is 5.54 Å². The quantitative estimate of drug-likeness (QED) is 0.768. The van der Waals surface area contributed by atoms with Gasteiger partial charge < -0.3 is 5.32 Å². The summed E-state index contributed by atoms with van der Waals surface area (Å²) < 4.78 is 0. The molecule has 0 spiro atoms. The van der Waals surface area contributed by atoms with Gasteiger partial charge >= 0.3 is 0 Å². The molecule has 0 saturated carbocycles. The van der Waals surface area contributed by atoms with E-state index in [2.05, 4.69) is 56.4 Å². The molecule has 2 heteroatoms. The van der Waals surface area contributed by atoms with Crippen LogP contribution in [0.3, 0.4) is 0 Å². The summed E-state index contributed by atoms with van der Waals surface area (Å²) in [5.74, 6) is 0. The molecular weight excluding hydrogens is 196 g/mol. The smallest absolute Gasteiger partial charge is 0.0622 e. The van der Waals surface area contributed by atoms with E-state index in [0.717, 1.165) is 13.0 Å². The monoisotopic (exact) mass is 216 g/mol. The maximum absolute atomic E-state index is 8.47. The Kier molecular flexibility index (Phi) is 4.52. The van der Waals surface area contributed by atoms with Crippen LogP contribution in [0.2, 0.25) is 0 Å². The lowest BCUT2D eigenvalue weighted by Crippen LogP contribution is -2.37. The van der Waals surface area contributed by atoms with Crippen LogP contribution in [0.15, 0.2) is 24.3 Å². The summed E-state index contributed by atoms with van der Waals surface area (Å²) in [5, 5.41) is 12.0. The Morgan fingerprint density at radius 3 is 2.75 bits per heavy atom. The van der Waals surface area contributed by atoms with Gasteiger partial charge in [0.25, 0.3) is 0 Å². The Morgan fingerprint density at radius 1 is 1.38 bits per heavy atom. The fraction of sp³-hybridized carbons (Fsp3) is 0.500. The number of hydrogen-bond acceptors (Lipinski definition) is 2. The maximum Gasteiger partial charge on any atom is 0.0622 e. The van der Waals surface area contributed by atoms with E-state index in [-0.39, 0.29) is 5.54 Å². The molecule has 0 aromatic heterocycles. The molecule has 86 valence electrons. The zero-order valence-corrected chi connectivity index (χ0v) is 10.4. The minimum atomic E-state index is -0.0263. The third-order valence-corrected chi connectivity index (χ3v) is 2.77. The molecule has 0 fully saturated rings. The van der Waals surface area contributed by atoms with Crippen molar-refractivity contribution in [3.05, 3.63) is 35.4 Å². The molecule has 0 aliphatic rings. The van der Waals surface area contributed by atoms with E-state index in [0.29, 0.717) is 6.42 Å². The van der Waals surface area contributed by atoms with Gasteiger partial charge in [-0.05, 0) is 39.3 Å². The number of unbranched alkanes of at least 4 members (excludes halogenated alkanes) is 1. The number of nitrogens with one attached hydrogen (secondary N) is 1. The van der Waals surface area contributed by atoms with Crippen LogP contribution in [-0.4, -0.2) is 6.54 Å². The molecule has 0 aliphatic heterocycles. The average Bonchev–Trinajstić information content (AvgIpc) is 2.24. The predicted molar refractivity (Wildman–Crippen MR) is 67.1 cm³/mol. The van der Waals surface area contributed by atoms with Crippen LogP contribution in [0.25, 0.3) is 0 Å². The van der Waals surface area contributed by atoms with Gasteiger partial charge in [-0.1, -0.05) is 29.8 Å². The molecule has 0 unspecified atom stereocenters. The predicted octanol–water partition coefficient (Wildman–Crippen LogP) is 3.12. The summed E-state index contributed by atoms with van der Waals surface area (Å²) in [6, 6.07) is 10.7. The molecule has 0 bridgehead atoms. The first-order valence-corrected chi connectivity index (χ1v) is 5.75. The number of nitrogens with zero attached hydrogens (tertiary/aromatic N) is 1. The maximum atomic E-state index is 8.47. The second-order valence-corrected chi connectivity index (χ2v) is 4.68. The fourth-order valence-corrected chi connectivity index (χ4v) is 1.70. The highest BCUT2D eigenvalue weighted by Crippen LogP contribution is 2.20. The Morgan fingerprint density at radius 2 is 2.12 bits per heavy atom. The van der Waals surface area contributed by atoms with E-state index in [1.807, 2.05) is 0 Å². The molecule has 0 atom stereocenters. The highest BCUT2D eigenvalue weighted by Gasteiger charge is 2.18. The van der Waals surface area contributed by atoms with Crippen molar-refractivity contribution in [2.24, 2.45) is 0 Å². The van der Waals surface area contributed by atoms with Gasteiger partial charge in [-0.3, -0.25) is 0 Å². The topological polar surface area (TPSA) is 35.8 Å². The molecule has 16 heavy (non-hydrogen) atoms. The molecule has 2 nitrogen and oxygen atoms in total. The third kappa shape index (κ3) is 3.67. The Balaban J connectivity index is 2.60. The molecule has 0 radical (unpaired) electrons. The molecule has 0 aliphatic carbocycles. The lowest BCUT2D eigenvalue weighted by atomic mass is 9.93. The molecular formula is C14H20N2. The van der Waals surface area contributed by atoms with Crippen molar-refractivity contribution in [1.82, 2.24) is 5.32 Å². The molecule has 1 N–H and O–H groups in total. The lowest BCUT2D eigenvalue weighted by Gasteiger charge is -2.27. The standard InChI is InChI=1S/C14H20N2/c1-12-7-6-8-13(11-12)14(2,3)16-10-5-4-9-15/h6-8,11,16H,4-5,10H2,1-3H3. The van der Waals surface area contributed by atoms with Gasteiger partial charge in [0.15, 0.2) is 0 Å². The van der Waals surface area contributed by atoms with Crippen molar-refractivity contribution in [2.75, 3.05) is 6.54 Å². The summed E-state index contributed by atoms with van der Waals surface area (Å²) >= 11 is 0. The van der Waals surface area contributed by atoms with Crippen LogP contribution < -0.4 is 5.32 Å². The van der Waals surface area contributed by atoms with Crippen LogP contribution in [0.5, 0.6) is 0 Å². The first kappa shape index (κ1) is 12.7. The van der Waals surface area contributed by atoms with E-state index in [1.54, 1.807) is 0 Å². The van der Waals surface area contributed by atoms with Gasteiger partial charge in [-0.15, -0.1) is 0 Å². The number of rotatable bonds is 5. The molecule has 0 amide bonds. The van der Waals surface area contributed by atoms with E-state index < -0.39 is 0 Å². The first-order chi connectivity index (χ1) is 7.56. The van der Waals surface area contributed by atoms with Crippen LogP contribution in [0, 0.1) is 18.3 Å². The van der Waals surface area contributed by atoms with Crippen molar-refractivity contribution in [2.45, 2.75) is 39.2 Å². The summed E-state index contributed by atoms with van der Waals surface area (Å²) in [7, 11) is 0. The fourth-order valence-electron chi connectivity index (χ4n) is 1.70. The largest absolute Gasteiger partial charge is 0.308 e. The molecule has 1 rings (SSSR count). The SMILES string of the molecule is Cc1cccc(C(C)(C)NCCCC#N)c1. The van der Waals surface area contributed by atoms with E-state index in [4.69, 9.17) is 5.26 Å². The number of nitriles is 1. The lowest BCUT2D eigenvalue weighted by molar-refractivity contribution is 0.401. The summed E-state index contributed by atoms with van der Waals surface area (Å²) in [4.78, 5) is 0. The van der Waals surface area contributed by atoms with Gasteiger partial charge in [-0.25, -0.2) is 0 Å². The van der Waals surface area contributed by atoms with E-state index in [1.165, 1.54) is 11.1 Å². The van der Waals surface area contributed by atoms with Gasteiger partial charge in [0.05, 0.1) is 6.07 Å². The Hall–Kier alpha value is -1.33. The molecule has 0 heterocycles. The van der Waals surface area contributed by atoms with Crippen molar-refractivity contribution in [1.29, 1.82) is 5.26 Å². The number of hydrogen-bond donors (Lipinski definition) is 1. The first-order valence-electron chi connectivity index (χ1n) is 5.75. The zero-order chi connectivity index (χ0) is 12.0. The van der Waals surface area contributed by atoms with Crippen molar-refractivity contribution in [3.63, 3.8) is 0 Å². The minimum absolute atomic E-state index is 0.0263. The Labute approximate surface area is 98.3 Å². The Bertz CT molecular complexity index is 375. The van der Waals surface area contributed by atoms with Gasteiger partial charge in [-0.2, -0.15) is 5.26 Å². The zero-order valence-electron chi connectivity index (χ0n) is 10.4. The van der Waals surface area contributed by atoms with Gasteiger partial charge in [0.2, 0.25) is 0 Å². The highest BCUT2D eigenvalue weighted by atomic mass is 14.9. The van der Waals surface area contributed by atoms with Crippen molar-refractivity contribution >= 4 is 0 Å². The van der Waals surface area contributed by atoms with Crippen LogP contribution >= 0.6 is 0 Å². The summed E-state index contributed by atoms with van der Waals surface area (Å²) in [6.07, 6.45) is 1.53. The molecule has 1 aromatic carbocycles.